The Kier molecular flexibility index (Phi) is 10.8. The zero-order valence-corrected chi connectivity index (χ0v) is 24.8. The van der Waals surface area contributed by atoms with Crippen molar-refractivity contribution in [3.8, 4) is 16.9 Å². The Bertz CT molecular complexity index is 1590. The highest BCUT2D eigenvalue weighted by molar-refractivity contribution is 7.90. The fourth-order valence-electron chi connectivity index (χ4n) is 3.60. The Hall–Kier alpha value is -4.87. The summed E-state index contributed by atoms with van der Waals surface area (Å²) in [6, 6.07) is 11.6. The lowest BCUT2D eigenvalue weighted by Gasteiger charge is -2.21. The Balaban J connectivity index is 1.75. The van der Waals surface area contributed by atoms with Gasteiger partial charge in [0.25, 0.3) is 22.7 Å². The van der Waals surface area contributed by atoms with Crippen LogP contribution in [0.25, 0.3) is 16.9 Å². The molecule has 0 aliphatic heterocycles. The number of benzene rings is 2. The zero-order chi connectivity index (χ0) is 32.7. The molecule has 0 aliphatic carbocycles. The van der Waals surface area contributed by atoms with Crippen molar-refractivity contribution in [1.82, 2.24) is 19.5 Å². The monoisotopic (exact) mass is 642 g/mol. The lowest BCUT2D eigenvalue weighted by atomic mass is 10.1. The number of hydrogen-bond acceptors (Lipinski definition) is 10. The molecule has 0 saturated heterocycles. The highest BCUT2D eigenvalue weighted by Crippen LogP contribution is 2.33. The van der Waals surface area contributed by atoms with Crippen LogP contribution in [0.1, 0.15) is 32.0 Å². The van der Waals surface area contributed by atoms with Crippen LogP contribution in [0.5, 0.6) is 0 Å². The third-order valence-corrected chi connectivity index (χ3v) is 7.12. The molecule has 0 unspecified atom stereocenters. The number of carbonyl (C=O) groups is 2. The smallest absolute Gasteiger partial charge is 0.511 e. The third-order valence-electron chi connectivity index (χ3n) is 5.73. The topological polar surface area (TPSA) is 167 Å². The van der Waals surface area contributed by atoms with Crippen molar-refractivity contribution in [1.29, 1.82) is 0 Å². The molecule has 1 heterocycles. The van der Waals surface area contributed by atoms with Gasteiger partial charge in [0.15, 0.2) is 12.2 Å². The van der Waals surface area contributed by atoms with Crippen LogP contribution in [0, 0.1) is 12.1 Å². The molecule has 1 N–H and O–H groups in total. The quantitative estimate of drug-likeness (QED) is 0.0750. The number of aromatic nitrogens is 2. The number of ether oxygens (including phenoxy) is 2. The van der Waals surface area contributed by atoms with Crippen LogP contribution in [-0.4, -0.2) is 66.2 Å². The molecule has 14 nitrogen and oxygen atoms in total. The van der Waals surface area contributed by atoms with E-state index in [9.17, 15) is 36.4 Å². The van der Waals surface area contributed by atoms with Crippen molar-refractivity contribution < 1.29 is 50.5 Å². The van der Waals surface area contributed by atoms with E-state index < -0.39 is 53.3 Å². The van der Waals surface area contributed by atoms with Gasteiger partial charge in [-0.05, 0) is 58.0 Å². The lowest BCUT2D eigenvalue weighted by molar-refractivity contribution is -0.715. The van der Waals surface area contributed by atoms with Gasteiger partial charge < -0.3 is 19.5 Å². The van der Waals surface area contributed by atoms with E-state index in [1.807, 2.05) is 11.6 Å². The maximum atomic E-state index is 13.5. The summed E-state index contributed by atoms with van der Waals surface area (Å²) in [4.78, 5) is 27.7. The van der Waals surface area contributed by atoms with Crippen molar-refractivity contribution in [2.75, 3.05) is 19.9 Å². The number of nitrogens with one attached hydrogen (secondary N) is 1. The molecule has 0 radical (unpaired) electrons. The van der Waals surface area contributed by atoms with Gasteiger partial charge in [-0.3, -0.25) is 4.79 Å². The Morgan fingerprint density at radius 3 is 2.32 bits per heavy atom. The molecule has 0 saturated carbocycles. The Morgan fingerprint density at radius 1 is 1.11 bits per heavy atom. The number of alkyl halides is 3. The Labute approximate surface area is 250 Å². The molecule has 0 fully saturated rings. The Morgan fingerprint density at radius 2 is 1.75 bits per heavy atom. The van der Waals surface area contributed by atoms with Gasteiger partial charge in [0.2, 0.25) is 5.28 Å². The van der Waals surface area contributed by atoms with E-state index in [2.05, 4.69) is 24.7 Å². The molecule has 44 heavy (non-hydrogen) atoms. The third kappa shape index (κ3) is 8.82. The van der Waals surface area contributed by atoms with Gasteiger partial charge in [0.1, 0.15) is 0 Å². The summed E-state index contributed by atoms with van der Waals surface area (Å²) in [5.41, 5.74) is 0.466. The molecule has 1 aromatic heterocycles. The molecule has 3 aromatic rings. The molecular formula is C26H29F3N6O8S. The molecule has 0 spiro atoms. The number of halogens is 3. The predicted octanol–water partition coefficient (Wildman–Crippen LogP) is 4.32. The first kappa shape index (κ1) is 33.6. The van der Waals surface area contributed by atoms with Gasteiger partial charge >= 0.3 is 12.3 Å². The average Bonchev–Trinajstić information content (AvgIpc) is 3.40. The molecule has 1 amide bonds. The van der Waals surface area contributed by atoms with Crippen molar-refractivity contribution in [2.45, 2.75) is 44.8 Å². The van der Waals surface area contributed by atoms with Crippen LogP contribution in [0.15, 0.2) is 64.8 Å². The van der Waals surface area contributed by atoms with E-state index in [-0.39, 0.29) is 27.9 Å². The number of hydrazine groups is 1. The first-order valence-electron chi connectivity index (χ1n) is 12.9. The molecule has 2 aromatic carbocycles. The number of hydrogen-bond donors (Lipinski definition) is 1. The van der Waals surface area contributed by atoms with Crippen molar-refractivity contribution in [3.05, 3.63) is 71.1 Å². The molecule has 18 heteroatoms. The van der Waals surface area contributed by atoms with Crippen molar-refractivity contribution >= 4 is 22.1 Å². The minimum absolute atomic E-state index is 0.0506. The second-order valence-corrected chi connectivity index (χ2v) is 11.0. The van der Waals surface area contributed by atoms with Crippen molar-refractivity contribution in [2.24, 2.45) is 5.28 Å². The van der Waals surface area contributed by atoms with Crippen LogP contribution in [-0.2, 0) is 35.3 Å². The van der Waals surface area contributed by atoms with Crippen LogP contribution in [0.2, 0.25) is 0 Å². The van der Waals surface area contributed by atoms with Gasteiger partial charge in [-0.1, -0.05) is 29.8 Å². The van der Waals surface area contributed by atoms with E-state index in [4.69, 9.17) is 0 Å². The summed E-state index contributed by atoms with van der Waals surface area (Å²) in [6.45, 7) is 4.93. The number of rotatable bonds is 12. The van der Waals surface area contributed by atoms with Gasteiger partial charge in [-0.2, -0.15) is 18.3 Å². The first-order chi connectivity index (χ1) is 20.6. The average molecular weight is 643 g/mol. The molecule has 0 aliphatic rings. The van der Waals surface area contributed by atoms with E-state index >= 15 is 0 Å². The lowest BCUT2D eigenvalue weighted by Crippen LogP contribution is -2.45. The molecule has 238 valence electrons. The highest BCUT2D eigenvalue weighted by Gasteiger charge is 2.35. The second kappa shape index (κ2) is 14.1. The van der Waals surface area contributed by atoms with Crippen LogP contribution in [0.3, 0.4) is 0 Å². The maximum Gasteiger partial charge on any atom is 0.511 e. The van der Waals surface area contributed by atoms with Gasteiger partial charge in [-0.15, -0.1) is 5.01 Å². The number of sulfonamides is 1. The number of carbonyl (C=O) groups excluding carboxylic acids is 2. The van der Waals surface area contributed by atoms with Crippen molar-refractivity contribution in [3.63, 3.8) is 0 Å². The standard InChI is InChI=1S/C26H29F3N6O8S/c1-5-41-25(37)42-16-43-32-35(38)33(17(2)3)15-24(36)31-44(39,40)21-12-10-20(11-13-21)34-22(14-23(30-34)26(27,28)29)19-8-6-18(4)7-9-19/h6-14,17H,5,15-16H2,1-4H3,(H,31,36)/b35-32-. The largest absolute Gasteiger partial charge is 0.569 e. The molecule has 0 atom stereocenters. The highest BCUT2D eigenvalue weighted by atomic mass is 32.2. The predicted molar refractivity (Wildman–Crippen MR) is 146 cm³/mol. The minimum Gasteiger partial charge on any atom is -0.569 e. The van der Waals surface area contributed by atoms with Crippen LogP contribution >= 0.6 is 0 Å². The molecule has 0 bridgehead atoms. The number of nitrogens with zero attached hydrogens (tertiary/aromatic N) is 5. The first-order valence-corrected chi connectivity index (χ1v) is 14.4. The van der Waals surface area contributed by atoms with E-state index in [0.717, 1.165) is 33.5 Å². The normalized spacial score (nSPS) is 12.1. The van der Waals surface area contributed by atoms with Gasteiger partial charge in [-0.25, -0.2) is 22.6 Å². The fraction of sp³-hybridized carbons (Fsp3) is 0.346. The van der Waals surface area contributed by atoms with Crippen LogP contribution < -0.4 is 4.72 Å². The minimum atomic E-state index is -4.72. The SMILES string of the molecule is CCOC(=O)OCO/N=[N+](\[O-])N(CC(=O)NS(=O)(=O)c1ccc(-n2nc(C(F)(F)F)cc2-c2ccc(C)cc2)cc1)C(C)C. The molecule has 3 rings (SSSR count). The summed E-state index contributed by atoms with van der Waals surface area (Å²) in [5, 5.41) is 19.9. The van der Waals surface area contributed by atoms with Crippen LogP contribution in [0.4, 0.5) is 18.0 Å². The van der Waals surface area contributed by atoms with Gasteiger partial charge in [0, 0.05) is 5.56 Å². The summed E-state index contributed by atoms with van der Waals surface area (Å²) in [6.07, 6.45) is -5.78. The maximum absolute atomic E-state index is 13.5. The summed E-state index contributed by atoms with van der Waals surface area (Å²) >= 11 is 0. The molecular weight excluding hydrogens is 613 g/mol. The number of aryl methyl sites for hydroxylation is 1. The second-order valence-electron chi connectivity index (χ2n) is 9.31. The summed E-state index contributed by atoms with van der Waals surface area (Å²) < 4.78 is 78.0. The summed E-state index contributed by atoms with van der Waals surface area (Å²) in [7, 11) is -4.47. The van der Waals surface area contributed by atoms with Gasteiger partial charge in [0.05, 0.1) is 33.9 Å². The number of amides is 1. The zero-order valence-electron chi connectivity index (χ0n) is 23.9. The van der Waals surface area contributed by atoms with E-state index in [0.29, 0.717) is 5.56 Å². The van der Waals surface area contributed by atoms with E-state index in [1.54, 1.807) is 31.2 Å². The van der Waals surface area contributed by atoms with E-state index in [1.165, 1.54) is 26.0 Å². The fourth-order valence-corrected chi connectivity index (χ4v) is 4.57. The summed E-state index contributed by atoms with van der Waals surface area (Å²) in [5.74, 6) is -1.11.